The molecule has 0 unspecified atom stereocenters. The minimum Gasteiger partial charge on any atom is -0.493 e. The maximum Gasteiger partial charge on any atom is 0.414 e. The first-order valence-corrected chi connectivity index (χ1v) is 8.79. The summed E-state index contributed by atoms with van der Waals surface area (Å²) in [6.07, 6.45) is 0.955. The summed E-state index contributed by atoms with van der Waals surface area (Å²) in [7, 11) is 3.31. The summed E-state index contributed by atoms with van der Waals surface area (Å²) in [6.45, 7) is 1.80. The lowest BCUT2D eigenvalue weighted by Gasteiger charge is -2.10. The molecule has 8 heteroatoms. The number of nitrogens with one attached hydrogen (secondary N) is 1. The normalized spacial score (nSPS) is 9.74. The molecule has 2 aromatic rings. The minimum atomic E-state index is -1.82. The predicted molar refractivity (Wildman–Crippen MR) is 104 cm³/mol. The third-order valence-corrected chi connectivity index (χ3v) is 3.99. The molecule has 0 aliphatic heterocycles. The molecule has 0 spiro atoms. The first-order chi connectivity index (χ1) is 12.9. The number of aliphatic carboxylic acids is 2. The summed E-state index contributed by atoms with van der Waals surface area (Å²) < 4.78 is 11.7. The van der Waals surface area contributed by atoms with Gasteiger partial charge in [0.15, 0.2) is 11.5 Å². The van der Waals surface area contributed by atoms with Crippen LogP contribution in [0.5, 0.6) is 11.5 Å². The van der Waals surface area contributed by atoms with E-state index in [9.17, 15) is 0 Å². The molecule has 2 aromatic carbocycles. The SMILES string of the molecule is COc1ccc(CCNCc2ccc(Br)cc2)cc1OC.O=C(O)C(=O)O. The Kier molecular flexibility index (Phi) is 9.92. The van der Waals surface area contributed by atoms with Gasteiger partial charge >= 0.3 is 11.9 Å². The Morgan fingerprint density at radius 1 is 0.926 bits per heavy atom. The van der Waals surface area contributed by atoms with Crippen LogP contribution in [0.15, 0.2) is 46.9 Å². The first-order valence-electron chi connectivity index (χ1n) is 7.99. The fourth-order valence-electron chi connectivity index (χ4n) is 2.10. The van der Waals surface area contributed by atoms with E-state index in [0.29, 0.717) is 0 Å². The summed E-state index contributed by atoms with van der Waals surface area (Å²) in [5, 5.41) is 18.2. The van der Waals surface area contributed by atoms with Crippen LogP contribution in [0.2, 0.25) is 0 Å². The molecule has 0 saturated carbocycles. The molecule has 2 rings (SSSR count). The molecule has 146 valence electrons. The van der Waals surface area contributed by atoms with Gasteiger partial charge in [0.25, 0.3) is 0 Å². The van der Waals surface area contributed by atoms with E-state index in [-0.39, 0.29) is 0 Å². The minimum absolute atomic E-state index is 0.768. The quantitative estimate of drug-likeness (QED) is 0.449. The van der Waals surface area contributed by atoms with Crippen LogP contribution in [0.4, 0.5) is 0 Å². The number of rotatable bonds is 7. The number of hydrogen-bond donors (Lipinski definition) is 3. The van der Waals surface area contributed by atoms with Gasteiger partial charge < -0.3 is 25.0 Å². The average molecular weight is 440 g/mol. The third kappa shape index (κ3) is 8.57. The molecule has 0 aromatic heterocycles. The predicted octanol–water partition coefficient (Wildman–Crippen LogP) is 2.95. The van der Waals surface area contributed by atoms with Crippen molar-refractivity contribution in [3.05, 3.63) is 58.1 Å². The highest BCUT2D eigenvalue weighted by Gasteiger charge is 2.04. The maximum absolute atomic E-state index is 9.10. The summed E-state index contributed by atoms with van der Waals surface area (Å²) in [6, 6.07) is 14.4. The van der Waals surface area contributed by atoms with Crippen molar-refractivity contribution in [1.29, 1.82) is 0 Å². The Balaban J connectivity index is 0.000000527. The van der Waals surface area contributed by atoms with Gasteiger partial charge in [0.1, 0.15) is 0 Å². The van der Waals surface area contributed by atoms with Gasteiger partial charge in [-0.2, -0.15) is 0 Å². The molecule has 0 saturated heterocycles. The molecule has 0 fully saturated rings. The molecule has 0 aliphatic rings. The second kappa shape index (κ2) is 11.9. The van der Waals surface area contributed by atoms with Crippen molar-refractivity contribution in [1.82, 2.24) is 5.32 Å². The molecule has 0 heterocycles. The second-order valence-electron chi connectivity index (χ2n) is 5.35. The van der Waals surface area contributed by atoms with Crippen LogP contribution < -0.4 is 14.8 Å². The van der Waals surface area contributed by atoms with Crippen molar-refractivity contribution in [2.75, 3.05) is 20.8 Å². The molecule has 0 radical (unpaired) electrons. The van der Waals surface area contributed by atoms with Crippen LogP contribution in [0.25, 0.3) is 0 Å². The lowest BCUT2D eigenvalue weighted by Crippen LogP contribution is -2.16. The summed E-state index contributed by atoms with van der Waals surface area (Å²) in [4.78, 5) is 18.2. The Morgan fingerprint density at radius 3 is 2.00 bits per heavy atom. The molecule has 0 amide bonds. The molecule has 7 nitrogen and oxygen atoms in total. The van der Waals surface area contributed by atoms with Crippen LogP contribution in [0.3, 0.4) is 0 Å². The standard InChI is InChI=1S/C17H20BrNO2.C2H2O4/c1-20-16-8-5-13(11-17(16)21-2)9-10-19-12-14-3-6-15(18)7-4-14;3-1(4)2(5)6/h3-8,11,19H,9-10,12H2,1-2H3;(H,3,4)(H,5,6). The van der Waals surface area contributed by atoms with E-state index < -0.39 is 11.9 Å². The lowest BCUT2D eigenvalue weighted by atomic mass is 10.1. The topological polar surface area (TPSA) is 105 Å². The average Bonchev–Trinajstić information content (AvgIpc) is 2.66. The van der Waals surface area contributed by atoms with E-state index in [1.165, 1.54) is 11.1 Å². The van der Waals surface area contributed by atoms with Gasteiger partial charge in [-0.25, -0.2) is 9.59 Å². The van der Waals surface area contributed by atoms with Gasteiger partial charge in [0.2, 0.25) is 0 Å². The van der Waals surface area contributed by atoms with E-state index in [1.54, 1.807) is 14.2 Å². The van der Waals surface area contributed by atoms with E-state index in [1.807, 2.05) is 12.1 Å². The van der Waals surface area contributed by atoms with Gasteiger partial charge in [-0.15, -0.1) is 0 Å². The number of carboxylic acid groups (broad SMARTS) is 2. The monoisotopic (exact) mass is 439 g/mol. The van der Waals surface area contributed by atoms with E-state index >= 15 is 0 Å². The van der Waals surface area contributed by atoms with E-state index in [4.69, 9.17) is 29.3 Å². The number of carbonyl (C=O) groups is 2. The maximum atomic E-state index is 9.10. The van der Waals surface area contributed by atoms with Crippen LogP contribution >= 0.6 is 15.9 Å². The molecular weight excluding hydrogens is 418 g/mol. The van der Waals surface area contributed by atoms with Gasteiger partial charge in [-0.1, -0.05) is 34.1 Å². The first kappa shape index (κ1) is 22.5. The number of halogens is 1. The highest BCUT2D eigenvalue weighted by Crippen LogP contribution is 2.27. The second-order valence-corrected chi connectivity index (χ2v) is 6.27. The Hall–Kier alpha value is -2.58. The molecule has 0 atom stereocenters. The number of ether oxygens (including phenoxy) is 2. The molecule has 0 bridgehead atoms. The van der Waals surface area contributed by atoms with E-state index in [0.717, 1.165) is 35.5 Å². The summed E-state index contributed by atoms with van der Waals surface area (Å²) in [5.74, 6) is -2.10. The fourth-order valence-corrected chi connectivity index (χ4v) is 2.37. The van der Waals surface area contributed by atoms with Crippen LogP contribution in [-0.4, -0.2) is 42.9 Å². The highest BCUT2D eigenvalue weighted by atomic mass is 79.9. The van der Waals surface area contributed by atoms with Crippen molar-refractivity contribution in [2.45, 2.75) is 13.0 Å². The van der Waals surface area contributed by atoms with Crippen molar-refractivity contribution in [3.63, 3.8) is 0 Å². The van der Waals surface area contributed by atoms with E-state index in [2.05, 4.69) is 51.6 Å². The fraction of sp³-hybridized carbons (Fsp3) is 0.263. The number of hydrogen-bond acceptors (Lipinski definition) is 5. The zero-order valence-corrected chi connectivity index (χ0v) is 16.7. The van der Waals surface area contributed by atoms with Crippen molar-refractivity contribution in [2.24, 2.45) is 0 Å². The number of carboxylic acids is 2. The smallest absolute Gasteiger partial charge is 0.414 e. The van der Waals surface area contributed by atoms with Gasteiger partial charge in [-0.05, 0) is 48.4 Å². The van der Waals surface area contributed by atoms with Crippen LogP contribution in [0.1, 0.15) is 11.1 Å². The van der Waals surface area contributed by atoms with Crippen LogP contribution in [-0.2, 0) is 22.6 Å². The molecule has 3 N–H and O–H groups in total. The number of benzene rings is 2. The van der Waals surface area contributed by atoms with Crippen molar-refractivity contribution in [3.8, 4) is 11.5 Å². The Labute approximate surface area is 166 Å². The summed E-state index contributed by atoms with van der Waals surface area (Å²) >= 11 is 3.44. The summed E-state index contributed by atoms with van der Waals surface area (Å²) in [5.41, 5.74) is 2.52. The highest BCUT2D eigenvalue weighted by molar-refractivity contribution is 9.10. The molecule has 27 heavy (non-hydrogen) atoms. The molecular formula is C19H22BrNO6. The Morgan fingerprint density at radius 2 is 1.48 bits per heavy atom. The zero-order chi connectivity index (χ0) is 20.2. The zero-order valence-electron chi connectivity index (χ0n) is 15.1. The Bertz CT molecular complexity index is 736. The van der Waals surface area contributed by atoms with Crippen molar-refractivity contribution >= 4 is 27.9 Å². The van der Waals surface area contributed by atoms with Crippen molar-refractivity contribution < 1.29 is 29.3 Å². The molecule has 0 aliphatic carbocycles. The lowest BCUT2D eigenvalue weighted by molar-refractivity contribution is -0.159. The largest absolute Gasteiger partial charge is 0.493 e. The number of methoxy groups -OCH3 is 2. The third-order valence-electron chi connectivity index (χ3n) is 3.46. The van der Waals surface area contributed by atoms with Crippen LogP contribution in [0, 0.1) is 0 Å². The van der Waals surface area contributed by atoms with Gasteiger partial charge in [0.05, 0.1) is 14.2 Å². The van der Waals surface area contributed by atoms with Gasteiger partial charge in [-0.3, -0.25) is 0 Å². The van der Waals surface area contributed by atoms with Gasteiger partial charge in [0, 0.05) is 11.0 Å².